The Balaban J connectivity index is 1.65. The Bertz CT molecular complexity index is 425. The van der Waals surface area contributed by atoms with Crippen LogP contribution in [0.15, 0.2) is 4.99 Å². The summed E-state index contributed by atoms with van der Waals surface area (Å²) in [5.74, 6) is 1.37. The smallest absolute Gasteiger partial charge is 0.239 e. The van der Waals surface area contributed by atoms with E-state index in [1.165, 1.54) is 19.3 Å². The third-order valence-electron chi connectivity index (χ3n) is 4.96. The van der Waals surface area contributed by atoms with Crippen molar-refractivity contribution in [3.05, 3.63) is 0 Å². The maximum Gasteiger partial charge on any atom is 0.239 e. The summed E-state index contributed by atoms with van der Waals surface area (Å²) in [7, 11) is 3.45. The van der Waals surface area contributed by atoms with Crippen LogP contribution in [0.5, 0.6) is 0 Å². The Kier molecular flexibility index (Phi) is 9.04. The maximum absolute atomic E-state index is 12.1. The number of likely N-dealkylation sites (tertiary alicyclic amines) is 1. The van der Waals surface area contributed by atoms with E-state index < -0.39 is 0 Å². The number of nitrogens with one attached hydrogen (secondary N) is 2. The van der Waals surface area contributed by atoms with Crippen LogP contribution in [0.3, 0.4) is 0 Å². The molecular formula is C18H34N4O3. The largest absolute Gasteiger partial charge is 0.382 e. The van der Waals surface area contributed by atoms with Crippen LogP contribution in [0.4, 0.5) is 0 Å². The van der Waals surface area contributed by atoms with E-state index in [0.29, 0.717) is 25.2 Å². The predicted octanol–water partition coefficient (Wildman–Crippen LogP) is 0.996. The summed E-state index contributed by atoms with van der Waals surface area (Å²) < 4.78 is 10.6. The molecule has 144 valence electrons. The zero-order chi connectivity index (χ0) is 17.9. The van der Waals surface area contributed by atoms with Crippen LogP contribution in [0.25, 0.3) is 0 Å². The van der Waals surface area contributed by atoms with Gasteiger partial charge in [0.05, 0.1) is 26.4 Å². The van der Waals surface area contributed by atoms with E-state index in [0.717, 1.165) is 44.9 Å². The SMILES string of the molecule is CN=C(NCC(=O)NC1CCCCC1)N1CCC(COCCOC)C1. The molecule has 1 saturated heterocycles. The van der Waals surface area contributed by atoms with Gasteiger partial charge in [0.25, 0.3) is 0 Å². The number of amides is 1. The average Bonchev–Trinajstić information content (AvgIpc) is 3.09. The number of hydrogen-bond acceptors (Lipinski definition) is 4. The molecule has 0 bridgehead atoms. The molecule has 1 aliphatic carbocycles. The number of guanidine groups is 1. The molecule has 2 aliphatic rings. The molecule has 1 aliphatic heterocycles. The van der Waals surface area contributed by atoms with E-state index in [4.69, 9.17) is 9.47 Å². The Hall–Kier alpha value is -1.34. The molecule has 0 aromatic heterocycles. The second-order valence-electron chi connectivity index (χ2n) is 6.97. The highest BCUT2D eigenvalue weighted by Crippen LogP contribution is 2.17. The summed E-state index contributed by atoms with van der Waals surface area (Å²) in [5, 5.41) is 6.33. The lowest BCUT2D eigenvalue weighted by molar-refractivity contribution is -0.120. The average molecular weight is 354 g/mol. The lowest BCUT2D eigenvalue weighted by atomic mass is 9.95. The number of carbonyl (C=O) groups is 1. The van der Waals surface area contributed by atoms with E-state index in [-0.39, 0.29) is 12.5 Å². The van der Waals surface area contributed by atoms with Crippen LogP contribution in [0.1, 0.15) is 38.5 Å². The first kappa shape index (κ1) is 20.0. The van der Waals surface area contributed by atoms with Crippen LogP contribution in [-0.2, 0) is 14.3 Å². The van der Waals surface area contributed by atoms with Crippen LogP contribution in [0, 0.1) is 5.92 Å². The lowest BCUT2D eigenvalue weighted by Gasteiger charge is -2.24. The molecule has 2 rings (SSSR count). The number of carbonyl (C=O) groups excluding carboxylic acids is 1. The number of hydrogen-bond donors (Lipinski definition) is 2. The van der Waals surface area contributed by atoms with Crippen molar-refractivity contribution in [1.29, 1.82) is 0 Å². The Morgan fingerprint density at radius 3 is 2.72 bits per heavy atom. The van der Waals surface area contributed by atoms with E-state index in [9.17, 15) is 4.79 Å². The zero-order valence-electron chi connectivity index (χ0n) is 15.8. The van der Waals surface area contributed by atoms with Gasteiger partial charge >= 0.3 is 0 Å². The van der Waals surface area contributed by atoms with Crippen molar-refractivity contribution in [2.24, 2.45) is 10.9 Å². The molecule has 25 heavy (non-hydrogen) atoms. The predicted molar refractivity (Wildman–Crippen MR) is 98.8 cm³/mol. The molecule has 7 nitrogen and oxygen atoms in total. The van der Waals surface area contributed by atoms with E-state index >= 15 is 0 Å². The molecule has 1 amide bonds. The third-order valence-corrected chi connectivity index (χ3v) is 4.96. The van der Waals surface area contributed by atoms with Gasteiger partial charge in [-0.05, 0) is 19.3 Å². The Morgan fingerprint density at radius 2 is 2.00 bits per heavy atom. The fraction of sp³-hybridized carbons (Fsp3) is 0.889. The van der Waals surface area contributed by atoms with Crippen LogP contribution in [0.2, 0.25) is 0 Å². The summed E-state index contributed by atoms with van der Waals surface area (Å²) in [6.45, 7) is 4.17. The number of aliphatic imine (C=N–C) groups is 1. The number of methoxy groups -OCH3 is 1. The first-order valence-corrected chi connectivity index (χ1v) is 9.54. The Labute approximate surface area is 151 Å². The second-order valence-corrected chi connectivity index (χ2v) is 6.97. The number of nitrogens with zero attached hydrogens (tertiary/aromatic N) is 2. The highest BCUT2D eigenvalue weighted by molar-refractivity contribution is 5.86. The van der Waals surface area contributed by atoms with Crippen molar-refractivity contribution in [1.82, 2.24) is 15.5 Å². The minimum atomic E-state index is 0.0618. The molecule has 7 heteroatoms. The topological polar surface area (TPSA) is 75.2 Å². The molecule has 0 radical (unpaired) electrons. The maximum atomic E-state index is 12.1. The van der Waals surface area contributed by atoms with E-state index in [2.05, 4.69) is 20.5 Å². The van der Waals surface area contributed by atoms with Crippen molar-refractivity contribution in [2.45, 2.75) is 44.6 Å². The van der Waals surface area contributed by atoms with Crippen molar-refractivity contribution in [2.75, 3.05) is 53.6 Å². The highest BCUT2D eigenvalue weighted by atomic mass is 16.5. The summed E-state index contributed by atoms with van der Waals surface area (Å²) in [4.78, 5) is 18.7. The third kappa shape index (κ3) is 7.20. The van der Waals surface area contributed by atoms with Gasteiger partial charge in [-0.25, -0.2) is 0 Å². The monoisotopic (exact) mass is 354 g/mol. The van der Waals surface area contributed by atoms with Crippen LogP contribution >= 0.6 is 0 Å². The molecule has 2 N–H and O–H groups in total. The fourth-order valence-corrected chi connectivity index (χ4v) is 3.57. The van der Waals surface area contributed by atoms with Crippen molar-refractivity contribution in [3.63, 3.8) is 0 Å². The van der Waals surface area contributed by atoms with E-state index in [1.807, 2.05) is 0 Å². The summed E-state index contributed by atoms with van der Waals surface area (Å²) in [6, 6.07) is 0.352. The standard InChI is InChI=1S/C18H34N4O3/c1-19-18(20-12-17(23)21-16-6-4-3-5-7-16)22-9-8-15(13-22)14-25-11-10-24-2/h15-16H,3-14H2,1-2H3,(H,19,20)(H,21,23). The van der Waals surface area contributed by atoms with Gasteiger partial charge in [-0.2, -0.15) is 0 Å². The van der Waals surface area contributed by atoms with Gasteiger partial charge < -0.3 is 25.0 Å². The molecule has 1 heterocycles. The molecule has 0 aromatic carbocycles. The van der Waals surface area contributed by atoms with Crippen molar-refractivity contribution >= 4 is 11.9 Å². The molecule has 0 spiro atoms. The minimum Gasteiger partial charge on any atom is -0.382 e. The molecular weight excluding hydrogens is 320 g/mol. The normalized spacial score (nSPS) is 22.2. The summed E-state index contributed by atoms with van der Waals surface area (Å²) >= 11 is 0. The molecule has 1 unspecified atom stereocenters. The summed E-state index contributed by atoms with van der Waals surface area (Å²) in [5.41, 5.74) is 0. The zero-order valence-corrected chi connectivity index (χ0v) is 15.8. The van der Waals surface area contributed by atoms with E-state index in [1.54, 1.807) is 14.2 Å². The van der Waals surface area contributed by atoms with Crippen molar-refractivity contribution in [3.8, 4) is 0 Å². The second kappa shape index (κ2) is 11.3. The molecule has 1 saturated carbocycles. The quantitative estimate of drug-likeness (QED) is 0.386. The Morgan fingerprint density at radius 1 is 1.20 bits per heavy atom. The molecule has 0 aromatic rings. The van der Waals surface area contributed by atoms with Gasteiger partial charge in [0.15, 0.2) is 5.96 Å². The van der Waals surface area contributed by atoms with Gasteiger partial charge in [0.1, 0.15) is 0 Å². The molecule has 2 fully saturated rings. The minimum absolute atomic E-state index is 0.0618. The van der Waals surface area contributed by atoms with Crippen molar-refractivity contribution < 1.29 is 14.3 Å². The van der Waals surface area contributed by atoms with Gasteiger partial charge in [0.2, 0.25) is 5.91 Å². The highest BCUT2D eigenvalue weighted by Gasteiger charge is 2.25. The van der Waals surface area contributed by atoms with Crippen LogP contribution < -0.4 is 10.6 Å². The number of rotatable bonds is 8. The first-order chi connectivity index (χ1) is 12.2. The first-order valence-electron chi connectivity index (χ1n) is 9.54. The fourth-order valence-electron chi connectivity index (χ4n) is 3.57. The molecule has 1 atom stereocenters. The van der Waals surface area contributed by atoms with Gasteiger partial charge in [-0.1, -0.05) is 19.3 Å². The summed E-state index contributed by atoms with van der Waals surface area (Å²) in [6.07, 6.45) is 7.04. The number of ether oxygens (including phenoxy) is 2. The van der Waals surface area contributed by atoms with Gasteiger partial charge in [0, 0.05) is 39.2 Å². The lowest BCUT2D eigenvalue weighted by Crippen LogP contribution is -2.47. The van der Waals surface area contributed by atoms with Gasteiger partial charge in [-0.3, -0.25) is 9.79 Å². The van der Waals surface area contributed by atoms with Gasteiger partial charge in [-0.15, -0.1) is 0 Å². The van der Waals surface area contributed by atoms with Crippen LogP contribution in [-0.4, -0.2) is 76.4 Å².